The lowest BCUT2D eigenvalue weighted by atomic mass is 9.89. The second-order valence-corrected chi connectivity index (χ2v) is 6.82. The summed E-state index contributed by atoms with van der Waals surface area (Å²) in [7, 11) is 0. The molecule has 2 rings (SSSR count). The van der Waals surface area contributed by atoms with E-state index in [-0.39, 0.29) is 5.54 Å². The summed E-state index contributed by atoms with van der Waals surface area (Å²) < 4.78 is 0. The van der Waals surface area contributed by atoms with Crippen LogP contribution in [0.4, 0.5) is 0 Å². The van der Waals surface area contributed by atoms with Crippen LogP contribution in [0.15, 0.2) is 30.3 Å². The van der Waals surface area contributed by atoms with Crippen molar-refractivity contribution in [3.05, 3.63) is 35.9 Å². The van der Waals surface area contributed by atoms with Crippen molar-refractivity contribution in [1.82, 2.24) is 10.2 Å². The standard InChI is InChI=1S/C18H30N2/c1-5-17-13-19-15(2)14-20(17)18(3,4)12-11-16-9-7-6-8-10-16/h6-10,15,17,19H,5,11-14H2,1-4H3. The molecule has 20 heavy (non-hydrogen) atoms. The van der Waals surface area contributed by atoms with Crippen molar-refractivity contribution in [2.45, 2.75) is 64.6 Å². The summed E-state index contributed by atoms with van der Waals surface area (Å²) in [6.45, 7) is 11.7. The quantitative estimate of drug-likeness (QED) is 0.884. The Morgan fingerprint density at radius 1 is 1.25 bits per heavy atom. The van der Waals surface area contributed by atoms with Crippen molar-refractivity contribution >= 4 is 0 Å². The van der Waals surface area contributed by atoms with Gasteiger partial charge < -0.3 is 5.32 Å². The molecule has 112 valence electrons. The van der Waals surface area contributed by atoms with Gasteiger partial charge in [-0.2, -0.15) is 0 Å². The van der Waals surface area contributed by atoms with Crippen molar-refractivity contribution in [3.63, 3.8) is 0 Å². The lowest BCUT2D eigenvalue weighted by molar-refractivity contribution is 0.0266. The lowest BCUT2D eigenvalue weighted by Gasteiger charge is -2.48. The van der Waals surface area contributed by atoms with Crippen LogP contribution >= 0.6 is 0 Å². The molecule has 0 aromatic heterocycles. The Hall–Kier alpha value is -0.860. The van der Waals surface area contributed by atoms with E-state index in [1.807, 2.05) is 0 Å². The number of piperazine rings is 1. The van der Waals surface area contributed by atoms with Gasteiger partial charge >= 0.3 is 0 Å². The van der Waals surface area contributed by atoms with E-state index >= 15 is 0 Å². The van der Waals surface area contributed by atoms with Gasteiger partial charge in [0.15, 0.2) is 0 Å². The minimum absolute atomic E-state index is 0.271. The summed E-state index contributed by atoms with van der Waals surface area (Å²) in [5.74, 6) is 0. The topological polar surface area (TPSA) is 15.3 Å². The molecule has 0 bridgehead atoms. The monoisotopic (exact) mass is 274 g/mol. The molecule has 2 unspecified atom stereocenters. The molecule has 1 heterocycles. The van der Waals surface area contributed by atoms with E-state index < -0.39 is 0 Å². The Morgan fingerprint density at radius 2 is 1.95 bits per heavy atom. The van der Waals surface area contributed by atoms with Gasteiger partial charge in [-0.05, 0) is 45.6 Å². The molecule has 0 aliphatic carbocycles. The third kappa shape index (κ3) is 3.83. The van der Waals surface area contributed by atoms with Crippen LogP contribution in [0, 0.1) is 0 Å². The van der Waals surface area contributed by atoms with Gasteiger partial charge in [0.1, 0.15) is 0 Å². The molecular formula is C18H30N2. The van der Waals surface area contributed by atoms with Gasteiger partial charge in [-0.15, -0.1) is 0 Å². The molecule has 1 aromatic carbocycles. The highest BCUT2D eigenvalue weighted by Crippen LogP contribution is 2.27. The molecule has 1 aliphatic rings. The third-order valence-corrected chi connectivity index (χ3v) is 4.73. The fourth-order valence-electron chi connectivity index (χ4n) is 3.30. The number of benzene rings is 1. The number of rotatable bonds is 5. The second kappa shape index (κ2) is 6.73. The number of aryl methyl sites for hydroxylation is 1. The summed E-state index contributed by atoms with van der Waals surface area (Å²) in [5.41, 5.74) is 1.73. The zero-order valence-electron chi connectivity index (χ0n) is 13.5. The third-order valence-electron chi connectivity index (χ3n) is 4.73. The van der Waals surface area contributed by atoms with Crippen molar-refractivity contribution in [2.75, 3.05) is 13.1 Å². The lowest BCUT2D eigenvalue weighted by Crippen LogP contribution is -2.61. The first kappa shape index (κ1) is 15.5. The maximum atomic E-state index is 3.62. The average molecular weight is 274 g/mol. The van der Waals surface area contributed by atoms with Crippen LogP contribution in [0.2, 0.25) is 0 Å². The molecule has 2 heteroatoms. The highest BCUT2D eigenvalue weighted by atomic mass is 15.3. The summed E-state index contributed by atoms with van der Waals surface area (Å²) >= 11 is 0. The zero-order valence-corrected chi connectivity index (χ0v) is 13.5. The van der Waals surface area contributed by atoms with Gasteiger partial charge in [-0.1, -0.05) is 37.3 Å². The molecular weight excluding hydrogens is 244 g/mol. The smallest absolute Gasteiger partial charge is 0.0224 e. The van der Waals surface area contributed by atoms with Crippen molar-refractivity contribution in [1.29, 1.82) is 0 Å². The van der Waals surface area contributed by atoms with Crippen LogP contribution in [0.3, 0.4) is 0 Å². The Balaban J connectivity index is 2.00. The van der Waals surface area contributed by atoms with Crippen LogP contribution < -0.4 is 5.32 Å². The van der Waals surface area contributed by atoms with E-state index in [9.17, 15) is 0 Å². The minimum atomic E-state index is 0.271. The highest BCUT2D eigenvalue weighted by Gasteiger charge is 2.35. The predicted octanol–water partition coefficient (Wildman–Crippen LogP) is 3.47. The molecule has 1 fully saturated rings. The van der Waals surface area contributed by atoms with E-state index in [0.717, 1.165) is 6.54 Å². The zero-order chi connectivity index (χ0) is 14.6. The molecule has 1 aliphatic heterocycles. The van der Waals surface area contributed by atoms with Crippen molar-refractivity contribution in [2.24, 2.45) is 0 Å². The van der Waals surface area contributed by atoms with Gasteiger partial charge in [0, 0.05) is 30.7 Å². The maximum absolute atomic E-state index is 3.62. The largest absolute Gasteiger partial charge is 0.311 e. The molecule has 1 aromatic rings. The fourth-order valence-corrected chi connectivity index (χ4v) is 3.30. The summed E-state index contributed by atoms with van der Waals surface area (Å²) in [5, 5.41) is 3.62. The van der Waals surface area contributed by atoms with Gasteiger partial charge in [-0.3, -0.25) is 4.90 Å². The second-order valence-electron chi connectivity index (χ2n) is 6.82. The molecule has 0 radical (unpaired) electrons. The first-order chi connectivity index (χ1) is 9.53. The minimum Gasteiger partial charge on any atom is -0.311 e. The van der Waals surface area contributed by atoms with Crippen LogP contribution in [-0.4, -0.2) is 35.6 Å². The Bertz CT molecular complexity index is 399. The molecule has 0 spiro atoms. The SMILES string of the molecule is CCC1CNC(C)CN1C(C)(C)CCc1ccccc1. The normalized spacial score (nSPS) is 24.8. The van der Waals surface area contributed by atoms with E-state index in [0.29, 0.717) is 12.1 Å². The molecule has 0 saturated carbocycles. The summed E-state index contributed by atoms with van der Waals surface area (Å²) in [6, 6.07) is 12.2. The van der Waals surface area contributed by atoms with Gasteiger partial charge in [0.2, 0.25) is 0 Å². The number of hydrogen-bond donors (Lipinski definition) is 1. The Kier molecular flexibility index (Phi) is 5.22. The van der Waals surface area contributed by atoms with E-state index in [4.69, 9.17) is 0 Å². The van der Waals surface area contributed by atoms with Crippen LogP contribution in [-0.2, 0) is 6.42 Å². The fraction of sp³-hybridized carbons (Fsp3) is 0.667. The van der Waals surface area contributed by atoms with E-state index in [1.165, 1.54) is 31.4 Å². The molecule has 2 atom stereocenters. The number of nitrogens with one attached hydrogen (secondary N) is 1. The first-order valence-corrected chi connectivity index (χ1v) is 8.07. The first-order valence-electron chi connectivity index (χ1n) is 8.07. The van der Waals surface area contributed by atoms with Gasteiger partial charge in [0.05, 0.1) is 0 Å². The average Bonchev–Trinajstić information content (AvgIpc) is 2.46. The van der Waals surface area contributed by atoms with Gasteiger partial charge in [-0.25, -0.2) is 0 Å². The Labute approximate surface area is 124 Å². The predicted molar refractivity (Wildman–Crippen MR) is 87.1 cm³/mol. The van der Waals surface area contributed by atoms with E-state index in [1.54, 1.807) is 0 Å². The maximum Gasteiger partial charge on any atom is 0.0224 e. The molecule has 0 amide bonds. The number of hydrogen-bond acceptors (Lipinski definition) is 2. The van der Waals surface area contributed by atoms with E-state index in [2.05, 4.69) is 68.2 Å². The van der Waals surface area contributed by atoms with Crippen LogP contribution in [0.1, 0.15) is 46.1 Å². The Morgan fingerprint density at radius 3 is 2.60 bits per heavy atom. The van der Waals surface area contributed by atoms with Gasteiger partial charge in [0.25, 0.3) is 0 Å². The van der Waals surface area contributed by atoms with Crippen LogP contribution in [0.25, 0.3) is 0 Å². The van der Waals surface area contributed by atoms with Crippen LogP contribution in [0.5, 0.6) is 0 Å². The summed E-state index contributed by atoms with van der Waals surface area (Å²) in [4.78, 5) is 2.73. The highest BCUT2D eigenvalue weighted by molar-refractivity contribution is 5.15. The van der Waals surface area contributed by atoms with Crippen molar-refractivity contribution < 1.29 is 0 Å². The molecule has 1 N–H and O–H groups in total. The molecule has 2 nitrogen and oxygen atoms in total. The summed E-state index contributed by atoms with van der Waals surface area (Å²) in [6.07, 6.45) is 3.62. The molecule has 1 saturated heterocycles. The van der Waals surface area contributed by atoms with Crippen molar-refractivity contribution in [3.8, 4) is 0 Å². The number of nitrogens with zero attached hydrogens (tertiary/aromatic N) is 1.